The Kier molecular flexibility index (Phi) is 6.56. The van der Waals surface area contributed by atoms with Gasteiger partial charge < -0.3 is 5.32 Å². The number of hydrogen-bond donors (Lipinski definition) is 2. The first-order chi connectivity index (χ1) is 9.38. The summed E-state index contributed by atoms with van der Waals surface area (Å²) in [6.07, 6.45) is 1.87. The lowest BCUT2D eigenvalue weighted by atomic mass is 10.1. The minimum atomic E-state index is -3.88. The molecular formula is C12H18N2O5S. The van der Waals surface area contributed by atoms with E-state index in [9.17, 15) is 18.5 Å². The summed E-state index contributed by atoms with van der Waals surface area (Å²) in [5.41, 5.74) is 0.988. The molecule has 0 amide bonds. The van der Waals surface area contributed by atoms with Gasteiger partial charge in [0.1, 0.15) is 0 Å². The van der Waals surface area contributed by atoms with Gasteiger partial charge in [0.05, 0.1) is 10.7 Å². The van der Waals surface area contributed by atoms with Crippen LogP contribution in [0, 0.1) is 10.1 Å². The van der Waals surface area contributed by atoms with E-state index in [1.165, 1.54) is 6.07 Å². The highest BCUT2D eigenvalue weighted by molar-refractivity contribution is 7.85. The first kappa shape index (κ1) is 16.5. The molecule has 7 nitrogen and oxygen atoms in total. The van der Waals surface area contributed by atoms with Crippen LogP contribution in [-0.2, 0) is 16.5 Å². The van der Waals surface area contributed by atoms with Crippen LogP contribution in [0.1, 0.15) is 18.4 Å². The molecular weight excluding hydrogens is 284 g/mol. The monoisotopic (exact) mass is 302 g/mol. The topological polar surface area (TPSA) is 110 Å². The van der Waals surface area contributed by atoms with E-state index in [1.54, 1.807) is 12.1 Å². The predicted octanol–water partition coefficient (Wildman–Crippen LogP) is 1.39. The molecule has 0 aliphatic rings. The fourth-order valence-corrected chi connectivity index (χ4v) is 2.26. The second-order valence-electron chi connectivity index (χ2n) is 4.42. The van der Waals surface area contributed by atoms with Gasteiger partial charge in [0.15, 0.2) is 0 Å². The van der Waals surface area contributed by atoms with Gasteiger partial charge in [-0.25, -0.2) is 0 Å². The quantitative estimate of drug-likeness (QED) is 0.309. The summed E-state index contributed by atoms with van der Waals surface area (Å²) in [6.45, 7) is 1.20. The van der Waals surface area contributed by atoms with Gasteiger partial charge in [-0.3, -0.25) is 14.7 Å². The van der Waals surface area contributed by atoms with E-state index >= 15 is 0 Å². The first-order valence-corrected chi connectivity index (χ1v) is 7.88. The molecule has 0 radical (unpaired) electrons. The Balaban J connectivity index is 2.18. The van der Waals surface area contributed by atoms with Crippen LogP contribution in [0.15, 0.2) is 24.3 Å². The molecule has 0 aromatic heterocycles. The van der Waals surface area contributed by atoms with Gasteiger partial charge in [-0.15, -0.1) is 0 Å². The highest BCUT2D eigenvalue weighted by Gasteiger charge is 2.05. The number of hydrogen-bond acceptors (Lipinski definition) is 5. The second-order valence-corrected chi connectivity index (χ2v) is 5.99. The lowest BCUT2D eigenvalue weighted by Gasteiger charge is -2.04. The van der Waals surface area contributed by atoms with Crippen molar-refractivity contribution in [1.82, 2.24) is 5.32 Å². The zero-order valence-corrected chi connectivity index (χ0v) is 11.8. The largest absolute Gasteiger partial charge is 0.317 e. The molecule has 0 unspecified atom stereocenters. The maximum Gasteiger partial charge on any atom is 0.269 e. The fraction of sp³-hybridized carbons (Fsp3) is 0.500. The summed E-state index contributed by atoms with van der Waals surface area (Å²) in [7, 11) is -3.88. The smallest absolute Gasteiger partial charge is 0.269 e. The average molecular weight is 302 g/mol. The first-order valence-electron chi connectivity index (χ1n) is 6.28. The van der Waals surface area contributed by atoms with Crippen LogP contribution in [0.25, 0.3) is 0 Å². The summed E-state index contributed by atoms with van der Waals surface area (Å²) in [6, 6.07) is 6.51. The summed E-state index contributed by atoms with van der Waals surface area (Å²) in [5, 5.41) is 13.7. The van der Waals surface area contributed by atoms with E-state index in [1.807, 2.05) is 6.07 Å². The average Bonchev–Trinajstić information content (AvgIpc) is 2.36. The van der Waals surface area contributed by atoms with Crippen molar-refractivity contribution in [1.29, 1.82) is 0 Å². The van der Waals surface area contributed by atoms with Crippen LogP contribution in [0.5, 0.6) is 0 Å². The zero-order chi connectivity index (χ0) is 15.0. The molecule has 8 heteroatoms. The lowest BCUT2D eigenvalue weighted by molar-refractivity contribution is -0.384. The van der Waals surface area contributed by atoms with Crippen molar-refractivity contribution in [2.45, 2.75) is 19.3 Å². The van der Waals surface area contributed by atoms with Gasteiger partial charge in [-0.05, 0) is 37.9 Å². The molecule has 0 fully saturated rings. The number of rotatable bonds is 9. The SMILES string of the molecule is O=[N+]([O-])c1cccc(CCCNCCCS(=O)(=O)O)c1. The number of benzene rings is 1. The van der Waals surface area contributed by atoms with Crippen molar-refractivity contribution in [3.05, 3.63) is 39.9 Å². The molecule has 20 heavy (non-hydrogen) atoms. The van der Waals surface area contributed by atoms with Gasteiger partial charge in [0.25, 0.3) is 15.8 Å². The molecule has 0 heterocycles. The Morgan fingerprint density at radius 2 is 1.95 bits per heavy atom. The minimum absolute atomic E-state index is 0.0867. The van der Waals surface area contributed by atoms with E-state index in [4.69, 9.17) is 4.55 Å². The highest BCUT2D eigenvalue weighted by Crippen LogP contribution is 2.14. The summed E-state index contributed by atoms with van der Waals surface area (Å²) in [4.78, 5) is 10.2. The summed E-state index contributed by atoms with van der Waals surface area (Å²) in [5.74, 6) is -0.245. The van der Waals surface area contributed by atoms with Crippen LogP contribution >= 0.6 is 0 Å². The van der Waals surface area contributed by atoms with E-state index in [-0.39, 0.29) is 11.4 Å². The van der Waals surface area contributed by atoms with Crippen molar-refractivity contribution in [2.24, 2.45) is 0 Å². The van der Waals surface area contributed by atoms with Gasteiger partial charge in [-0.1, -0.05) is 12.1 Å². The number of nitrogens with zero attached hydrogens (tertiary/aromatic N) is 1. The second kappa shape index (κ2) is 7.93. The Hall–Kier alpha value is -1.51. The van der Waals surface area contributed by atoms with Gasteiger partial charge in [-0.2, -0.15) is 8.42 Å². The van der Waals surface area contributed by atoms with Crippen LogP contribution in [-0.4, -0.2) is 36.7 Å². The van der Waals surface area contributed by atoms with Crippen molar-refractivity contribution >= 4 is 15.8 Å². The molecule has 0 aliphatic heterocycles. The van der Waals surface area contributed by atoms with E-state index < -0.39 is 15.0 Å². The number of aryl methyl sites for hydroxylation is 1. The Morgan fingerprint density at radius 3 is 2.60 bits per heavy atom. The van der Waals surface area contributed by atoms with E-state index in [2.05, 4.69) is 5.32 Å². The predicted molar refractivity (Wildman–Crippen MR) is 75.3 cm³/mol. The highest BCUT2D eigenvalue weighted by atomic mass is 32.2. The van der Waals surface area contributed by atoms with Crippen molar-refractivity contribution < 1.29 is 17.9 Å². The lowest BCUT2D eigenvalue weighted by Crippen LogP contribution is -2.19. The molecule has 2 N–H and O–H groups in total. The number of nitrogens with one attached hydrogen (secondary N) is 1. The number of nitro benzene ring substituents is 1. The third-order valence-corrected chi connectivity index (χ3v) is 3.50. The summed E-state index contributed by atoms with van der Waals surface area (Å²) >= 11 is 0. The van der Waals surface area contributed by atoms with Crippen LogP contribution in [0.3, 0.4) is 0 Å². The molecule has 0 saturated carbocycles. The third-order valence-electron chi connectivity index (χ3n) is 2.70. The minimum Gasteiger partial charge on any atom is -0.317 e. The zero-order valence-electron chi connectivity index (χ0n) is 11.0. The van der Waals surface area contributed by atoms with Crippen molar-refractivity contribution in [2.75, 3.05) is 18.8 Å². The van der Waals surface area contributed by atoms with Crippen LogP contribution in [0.4, 0.5) is 5.69 Å². The molecule has 1 aromatic rings. The molecule has 0 bridgehead atoms. The normalized spacial score (nSPS) is 11.4. The van der Waals surface area contributed by atoms with Gasteiger partial charge >= 0.3 is 0 Å². The van der Waals surface area contributed by atoms with E-state index in [0.717, 1.165) is 12.0 Å². The molecule has 1 rings (SSSR count). The van der Waals surface area contributed by atoms with Gasteiger partial charge in [0.2, 0.25) is 0 Å². The fourth-order valence-electron chi connectivity index (χ4n) is 1.75. The third kappa shape index (κ3) is 7.17. The Labute approximate surface area is 117 Å². The number of non-ortho nitro benzene ring substituents is 1. The summed E-state index contributed by atoms with van der Waals surface area (Å²) < 4.78 is 29.5. The van der Waals surface area contributed by atoms with Crippen LogP contribution in [0.2, 0.25) is 0 Å². The maximum absolute atomic E-state index is 10.6. The number of nitro groups is 1. The molecule has 0 atom stereocenters. The van der Waals surface area contributed by atoms with E-state index in [0.29, 0.717) is 25.9 Å². The van der Waals surface area contributed by atoms with Crippen molar-refractivity contribution in [3.8, 4) is 0 Å². The molecule has 1 aromatic carbocycles. The molecule has 0 saturated heterocycles. The van der Waals surface area contributed by atoms with Crippen molar-refractivity contribution in [3.63, 3.8) is 0 Å². The van der Waals surface area contributed by atoms with Crippen LogP contribution < -0.4 is 5.32 Å². The Morgan fingerprint density at radius 1 is 1.25 bits per heavy atom. The Bertz CT molecular complexity index is 545. The molecule has 0 spiro atoms. The maximum atomic E-state index is 10.6. The molecule has 112 valence electrons. The molecule has 0 aliphatic carbocycles. The standard InChI is InChI=1S/C12H18N2O5S/c15-14(16)12-6-1-4-11(10-12)5-2-7-13-8-3-9-20(17,18)19/h1,4,6,10,13H,2-3,5,7-9H2,(H,17,18,19). The van der Waals surface area contributed by atoms with Gasteiger partial charge in [0, 0.05) is 12.1 Å².